The molecule has 0 aliphatic carbocycles. The topological polar surface area (TPSA) is 32.5 Å². The van der Waals surface area contributed by atoms with Crippen LogP contribution >= 0.6 is 0 Å². The van der Waals surface area contributed by atoms with E-state index in [1.165, 1.54) is 32.6 Å². The van der Waals surface area contributed by atoms with Gasteiger partial charge in [-0.3, -0.25) is 9.80 Å². The third-order valence-electron chi connectivity index (χ3n) is 4.10. The van der Waals surface area contributed by atoms with Crippen LogP contribution in [0.3, 0.4) is 0 Å². The van der Waals surface area contributed by atoms with Crippen molar-refractivity contribution in [1.82, 2.24) is 9.80 Å². The van der Waals surface area contributed by atoms with Gasteiger partial charge in [-0.05, 0) is 33.1 Å². The summed E-state index contributed by atoms with van der Waals surface area (Å²) in [4.78, 5) is 5.16. The van der Waals surface area contributed by atoms with Crippen LogP contribution in [0.2, 0.25) is 0 Å². The molecule has 1 fully saturated rings. The van der Waals surface area contributed by atoms with Crippen molar-refractivity contribution < 1.29 is 0 Å². The van der Waals surface area contributed by atoms with E-state index in [2.05, 4.69) is 44.4 Å². The second-order valence-electron chi connectivity index (χ2n) is 6.42. The first kappa shape index (κ1) is 14.9. The van der Waals surface area contributed by atoms with Crippen molar-refractivity contribution in [1.29, 1.82) is 0 Å². The zero-order valence-corrected chi connectivity index (χ0v) is 12.4. The summed E-state index contributed by atoms with van der Waals surface area (Å²) in [6, 6.07) is 0.673. The minimum absolute atomic E-state index is 0.192. The maximum absolute atomic E-state index is 6.03. The fraction of sp³-hybridized carbons (Fsp3) is 1.00. The first-order valence-corrected chi connectivity index (χ1v) is 7.08. The van der Waals surface area contributed by atoms with E-state index >= 15 is 0 Å². The van der Waals surface area contributed by atoms with Crippen molar-refractivity contribution in [3.63, 3.8) is 0 Å². The number of nitrogens with zero attached hydrogens (tertiary/aromatic N) is 2. The molecule has 0 radical (unpaired) electrons. The standard InChI is InChI=1S/C14H31N3/c1-12(2)10-14(5,11-15)17-8-6-16(7-9-17)13(3)4/h12-13H,6-11,15H2,1-5H3. The van der Waals surface area contributed by atoms with Crippen molar-refractivity contribution in [3.8, 4) is 0 Å². The smallest absolute Gasteiger partial charge is 0.0307 e. The molecule has 1 saturated heterocycles. The third-order valence-corrected chi connectivity index (χ3v) is 4.10. The second-order valence-corrected chi connectivity index (χ2v) is 6.42. The van der Waals surface area contributed by atoms with E-state index in [9.17, 15) is 0 Å². The van der Waals surface area contributed by atoms with Crippen LogP contribution in [-0.4, -0.2) is 54.1 Å². The molecule has 0 spiro atoms. The highest BCUT2D eigenvalue weighted by Crippen LogP contribution is 2.24. The second kappa shape index (κ2) is 6.17. The first-order valence-electron chi connectivity index (χ1n) is 7.08. The van der Waals surface area contributed by atoms with E-state index in [1.54, 1.807) is 0 Å². The van der Waals surface area contributed by atoms with Gasteiger partial charge in [0.05, 0.1) is 0 Å². The van der Waals surface area contributed by atoms with Gasteiger partial charge in [-0.1, -0.05) is 13.8 Å². The van der Waals surface area contributed by atoms with Gasteiger partial charge >= 0.3 is 0 Å². The maximum atomic E-state index is 6.03. The van der Waals surface area contributed by atoms with Crippen LogP contribution in [0.4, 0.5) is 0 Å². The van der Waals surface area contributed by atoms with Crippen molar-refractivity contribution >= 4 is 0 Å². The Balaban J connectivity index is 2.55. The zero-order valence-electron chi connectivity index (χ0n) is 12.4. The Morgan fingerprint density at radius 2 is 1.59 bits per heavy atom. The maximum Gasteiger partial charge on any atom is 0.0307 e. The van der Waals surface area contributed by atoms with Gasteiger partial charge in [0.2, 0.25) is 0 Å². The van der Waals surface area contributed by atoms with Gasteiger partial charge in [-0.2, -0.15) is 0 Å². The highest BCUT2D eigenvalue weighted by atomic mass is 15.3. The molecule has 1 aliphatic heterocycles. The van der Waals surface area contributed by atoms with Crippen LogP contribution in [0.1, 0.15) is 41.0 Å². The summed E-state index contributed by atoms with van der Waals surface area (Å²) in [7, 11) is 0. The van der Waals surface area contributed by atoms with E-state index in [0.717, 1.165) is 6.54 Å². The Labute approximate surface area is 107 Å². The summed E-state index contributed by atoms with van der Waals surface area (Å²) in [6.07, 6.45) is 1.20. The highest BCUT2D eigenvalue weighted by Gasteiger charge is 2.33. The predicted molar refractivity (Wildman–Crippen MR) is 75.2 cm³/mol. The lowest BCUT2D eigenvalue weighted by atomic mass is 9.88. The summed E-state index contributed by atoms with van der Waals surface area (Å²) in [5.74, 6) is 0.715. The number of hydrogen-bond acceptors (Lipinski definition) is 3. The van der Waals surface area contributed by atoms with Crippen LogP contribution in [0.5, 0.6) is 0 Å². The van der Waals surface area contributed by atoms with Gasteiger partial charge in [0.1, 0.15) is 0 Å². The van der Waals surface area contributed by atoms with Crippen LogP contribution in [0, 0.1) is 5.92 Å². The Morgan fingerprint density at radius 3 is 1.94 bits per heavy atom. The quantitative estimate of drug-likeness (QED) is 0.796. The van der Waals surface area contributed by atoms with E-state index in [-0.39, 0.29) is 5.54 Å². The summed E-state index contributed by atoms with van der Waals surface area (Å²) >= 11 is 0. The fourth-order valence-electron chi connectivity index (χ4n) is 3.00. The minimum atomic E-state index is 0.192. The van der Waals surface area contributed by atoms with Crippen LogP contribution in [-0.2, 0) is 0 Å². The van der Waals surface area contributed by atoms with Gasteiger partial charge < -0.3 is 5.73 Å². The third kappa shape index (κ3) is 3.94. The molecule has 0 amide bonds. The Morgan fingerprint density at radius 1 is 1.06 bits per heavy atom. The molecule has 3 nitrogen and oxygen atoms in total. The molecule has 1 heterocycles. The number of nitrogens with two attached hydrogens (primary N) is 1. The molecular weight excluding hydrogens is 210 g/mol. The molecule has 0 bridgehead atoms. The summed E-state index contributed by atoms with van der Waals surface area (Å²) in [5, 5.41) is 0. The van der Waals surface area contributed by atoms with Crippen molar-refractivity contribution in [2.75, 3.05) is 32.7 Å². The molecule has 1 aliphatic rings. The average molecular weight is 241 g/mol. The van der Waals surface area contributed by atoms with Gasteiger partial charge in [0, 0.05) is 44.3 Å². The molecule has 1 rings (SSSR count). The predicted octanol–water partition coefficient (Wildman–Crippen LogP) is 1.78. The van der Waals surface area contributed by atoms with Gasteiger partial charge in [-0.15, -0.1) is 0 Å². The monoisotopic (exact) mass is 241 g/mol. The fourth-order valence-corrected chi connectivity index (χ4v) is 3.00. The summed E-state index contributed by atoms with van der Waals surface area (Å²) in [5.41, 5.74) is 6.22. The minimum Gasteiger partial charge on any atom is -0.329 e. The molecule has 0 aromatic carbocycles. The molecule has 0 aromatic rings. The van der Waals surface area contributed by atoms with E-state index in [4.69, 9.17) is 5.73 Å². The molecule has 3 heteroatoms. The summed E-state index contributed by atoms with van der Waals surface area (Å²) in [6.45, 7) is 17.0. The number of rotatable bonds is 5. The van der Waals surface area contributed by atoms with Gasteiger partial charge in [0.15, 0.2) is 0 Å². The molecular formula is C14H31N3. The van der Waals surface area contributed by atoms with E-state index in [0.29, 0.717) is 12.0 Å². The first-order chi connectivity index (χ1) is 7.89. The normalized spacial score (nSPS) is 23.3. The Kier molecular flexibility index (Phi) is 5.42. The Hall–Kier alpha value is -0.120. The molecule has 0 aromatic heterocycles. The van der Waals surface area contributed by atoms with E-state index < -0.39 is 0 Å². The molecule has 0 saturated carbocycles. The Bertz CT molecular complexity index is 220. The SMILES string of the molecule is CC(C)CC(C)(CN)N1CCN(C(C)C)CC1. The van der Waals surface area contributed by atoms with Crippen molar-refractivity contribution in [2.24, 2.45) is 11.7 Å². The van der Waals surface area contributed by atoms with Gasteiger partial charge in [-0.25, -0.2) is 0 Å². The molecule has 1 unspecified atom stereocenters. The van der Waals surface area contributed by atoms with Crippen molar-refractivity contribution in [3.05, 3.63) is 0 Å². The van der Waals surface area contributed by atoms with Crippen LogP contribution in [0.25, 0.3) is 0 Å². The van der Waals surface area contributed by atoms with Crippen LogP contribution in [0.15, 0.2) is 0 Å². The lowest BCUT2D eigenvalue weighted by Crippen LogP contribution is -2.60. The lowest BCUT2D eigenvalue weighted by molar-refractivity contribution is 0.0245. The molecule has 102 valence electrons. The number of piperazine rings is 1. The van der Waals surface area contributed by atoms with Gasteiger partial charge in [0.25, 0.3) is 0 Å². The average Bonchev–Trinajstić information content (AvgIpc) is 2.28. The molecule has 17 heavy (non-hydrogen) atoms. The molecule has 1 atom stereocenters. The highest BCUT2D eigenvalue weighted by molar-refractivity contribution is 4.91. The van der Waals surface area contributed by atoms with Crippen molar-refractivity contribution in [2.45, 2.75) is 52.6 Å². The zero-order chi connectivity index (χ0) is 13.1. The van der Waals surface area contributed by atoms with E-state index in [1.807, 2.05) is 0 Å². The number of hydrogen-bond donors (Lipinski definition) is 1. The summed E-state index contributed by atoms with van der Waals surface area (Å²) < 4.78 is 0. The lowest BCUT2D eigenvalue weighted by Gasteiger charge is -2.47. The largest absolute Gasteiger partial charge is 0.329 e. The molecule has 2 N–H and O–H groups in total. The van der Waals surface area contributed by atoms with Crippen LogP contribution < -0.4 is 5.73 Å².